The molecule has 1 heterocycles. The van der Waals surface area contributed by atoms with Crippen molar-refractivity contribution in [1.82, 2.24) is 9.97 Å². The van der Waals surface area contributed by atoms with Gasteiger partial charge in [0.2, 0.25) is 0 Å². The first-order chi connectivity index (χ1) is 7.56. The number of nitrogen functional groups attached to an aromatic ring is 1. The zero-order chi connectivity index (χ0) is 11.7. The molecule has 4 N–H and O–H groups in total. The number of rotatable bonds is 3. The Hall–Kier alpha value is -1.07. The van der Waals surface area contributed by atoms with Gasteiger partial charge in [0.25, 0.3) is 0 Å². The van der Waals surface area contributed by atoms with E-state index >= 15 is 0 Å². The average molecular weight is 284 g/mol. The average Bonchev–Trinajstić information content (AvgIpc) is 2.57. The number of fused-ring (bicyclic) bond motifs is 1. The van der Waals surface area contributed by atoms with Gasteiger partial charge < -0.3 is 15.8 Å². The fraction of sp³-hybridized carbons (Fsp3) is 0.364. The highest BCUT2D eigenvalue weighted by Gasteiger charge is 2.07. The van der Waals surface area contributed by atoms with E-state index in [4.69, 9.17) is 5.73 Å². The minimum atomic E-state index is -0.308. The highest BCUT2D eigenvalue weighted by molar-refractivity contribution is 9.10. The molecule has 4 nitrogen and oxygen atoms in total. The van der Waals surface area contributed by atoms with Gasteiger partial charge in [0.1, 0.15) is 11.3 Å². The normalized spacial score (nSPS) is 13.2. The van der Waals surface area contributed by atoms with Crippen molar-refractivity contribution < 1.29 is 5.11 Å². The molecular weight excluding hydrogens is 270 g/mol. The van der Waals surface area contributed by atoms with Crippen LogP contribution < -0.4 is 5.73 Å². The molecule has 0 aliphatic rings. The maximum atomic E-state index is 9.21. The maximum Gasteiger partial charge on any atom is 0.112 e. The topological polar surface area (TPSA) is 74.9 Å². The van der Waals surface area contributed by atoms with Crippen LogP contribution in [-0.2, 0) is 6.42 Å². The minimum Gasteiger partial charge on any atom is -0.397 e. The lowest BCUT2D eigenvalue weighted by molar-refractivity contribution is 0.184. The first kappa shape index (κ1) is 11.4. The largest absolute Gasteiger partial charge is 0.397 e. The lowest BCUT2D eigenvalue weighted by atomic mass is 10.2. The molecule has 1 unspecified atom stereocenters. The Morgan fingerprint density at radius 3 is 3.00 bits per heavy atom. The molecule has 86 valence electrons. The number of aliphatic hydroxyl groups is 1. The molecule has 0 saturated carbocycles. The van der Waals surface area contributed by atoms with Gasteiger partial charge in [0.15, 0.2) is 0 Å². The third kappa shape index (κ3) is 2.36. The number of aryl methyl sites for hydroxylation is 1. The molecule has 2 aromatic rings. The summed E-state index contributed by atoms with van der Waals surface area (Å²) in [4.78, 5) is 7.61. The van der Waals surface area contributed by atoms with E-state index in [9.17, 15) is 5.11 Å². The van der Waals surface area contributed by atoms with Crippen LogP contribution in [0.4, 0.5) is 5.69 Å². The SMILES string of the molecule is CC(O)CCc1nc2c(N)cc(Br)cc2[nH]1. The number of anilines is 1. The van der Waals surface area contributed by atoms with Crippen molar-refractivity contribution in [2.75, 3.05) is 5.73 Å². The van der Waals surface area contributed by atoms with Crippen molar-refractivity contribution in [1.29, 1.82) is 0 Å². The Morgan fingerprint density at radius 2 is 2.31 bits per heavy atom. The third-order valence-corrected chi connectivity index (χ3v) is 2.89. The molecule has 1 aromatic heterocycles. The number of aromatic nitrogens is 2. The minimum absolute atomic E-state index is 0.308. The first-order valence-corrected chi connectivity index (χ1v) is 5.97. The summed E-state index contributed by atoms with van der Waals surface area (Å²) in [7, 11) is 0. The lowest BCUT2D eigenvalue weighted by Gasteiger charge is -1.99. The lowest BCUT2D eigenvalue weighted by Crippen LogP contribution is -2.02. The van der Waals surface area contributed by atoms with E-state index in [-0.39, 0.29) is 6.10 Å². The molecule has 0 spiro atoms. The van der Waals surface area contributed by atoms with E-state index in [1.807, 2.05) is 12.1 Å². The standard InChI is InChI=1S/C11H14BrN3O/c1-6(16)2-3-10-14-9-5-7(12)4-8(13)11(9)15-10/h4-6,16H,2-3,13H2,1H3,(H,14,15). The van der Waals surface area contributed by atoms with Crippen LogP contribution in [-0.4, -0.2) is 21.2 Å². The Balaban J connectivity index is 2.33. The highest BCUT2D eigenvalue weighted by atomic mass is 79.9. The maximum absolute atomic E-state index is 9.21. The van der Waals surface area contributed by atoms with Crippen molar-refractivity contribution in [2.24, 2.45) is 0 Å². The number of aromatic amines is 1. The van der Waals surface area contributed by atoms with E-state index in [0.717, 1.165) is 27.8 Å². The van der Waals surface area contributed by atoms with Gasteiger partial charge in [-0.1, -0.05) is 15.9 Å². The number of hydrogen-bond donors (Lipinski definition) is 3. The van der Waals surface area contributed by atoms with Gasteiger partial charge >= 0.3 is 0 Å². The van der Waals surface area contributed by atoms with Crippen molar-refractivity contribution in [3.05, 3.63) is 22.4 Å². The molecule has 5 heteroatoms. The summed E-state index contributed by atoms with van der Waals surface area (Å²) in [5.41, 5.74) is 8.24. The van der Waals surface area contributed by atoms with E-state index in [0.29, 0.717) is 12.1 Å². The number of nitrogens with zero attached hydrogens (tertiary/aromatic N) is 1. The Bertz CT molecular complexity index is 507. The second-order valence-electron chi connectivity index (χ2n) is 3.96. The number of nitrogens with two attached hydrogens (primary N) is 1. The zero-order valence-electron chi connectivity index (χ0n) is 9.00. The van der Waals surface area contributed by atoms with Gasteiger partial charge in [-0.3, -0.25) is 0 Å². The monoisotopic (exact) mass is 283 g/mol. The Labute approximate surface area is 102 Å². The van der Waals surface area contributed by atoms with Gasteiger partial charge in [-0.2, -0.15) is 0 Å². The zero-order valence-corrected chi connectivity index (χ0v) is 10.6. The number of H-pyrrole nitrogens is 1. The summed E-state index contributed by atoms with van der Waals surface area (Å²) >= 11 is 3.39. The molecular formula is C11H14BrN3O. The number of benzene rings is 1. The molecule has 0 fully saturated rings. The number of hydrogen-bond acceptors (Lipinski definition) is 3. The predicted molar refractivity (Wildman–Crippen MR) is 68.2 cm³/mol. The first-order valence-electron chi connectivity index (χ1n) is 5.18. The summed E-state index contributed by atoms with van der Waals surface area (Å²) in [6, 6.07) is 3.78. The highest BCUT2D eigenvalue weighted by Crippen LogP contribution is 2.24. The van der Waals surface area contributed by atoms with Gasteiger partial charge in [-0.25, -0.2) is 4.98 Å². The van der Waals surface area contributed by atoms with Gasteiger partial charge in [0.05, 0.1) is 17.3 Å². The smallest absolute Gasteiger partial charge is 0.112 e. The van der Waals surface area contributed by atoms with Crippen molar-refractivity contribution in [3.63, 3.8) is 0 Å². The van der Waals surface area contributed by atoms with E-state index in [2.05, 4.69) is 25.9 Å². The van der Waals surface area contributed by atoms with E-state index in [1.54, 1.807) is 6.92 Å². The second-order valence-corrected chi connectivity index (χ2v) is 4.88. The molecule has 0 radical (unpaired) electrons. The van der Waals surface area contributed by atoms with Gasteiger partial charge in [0, 0.05) is 10.9 Å². The fourth-order valence-corrected chi connectivity index (χ4v) is 2.10. The van der Waals surface area contributed by atoms with Crippen LogP contribution >= 0.6 is 15.9 Å². The molecule has 16 heavy (non-hydrogen) atoms. The molecule has 1 aromatic carbocycles. The van der Waals surface area contributed by atoms with Crippen LogP contribution in [0.15, 0.2) is 16.6 Å². The van der Waals surface area contributed by atoms with Crippen LogP contribution in [0.1, 0.15) is 19.2 Å². The van der Waals surface area contributed by atoms with Crippen LogP contribution in [0.2, 0.25) is 0 Å². The Kier molecular flexibility index (Phi) is 3.16. The summed E-state index contributed by atoms with van der Waals surface area (Å²) in [5, 5.41) is 9.21. The number of nitrogens with one attached hydrogen (secondary N) is 1. The van der Waals surface area contributed by atoms with E-state index in [1.165, 1.54) is 0 Å². The fourth-order valence-electron chi connectivity index (χ4n) is 1.62. The molecule has 0 bridgehead atoms. The molecule has 1 atom stereocenters. The second kappa shape index (κ2) is 4.43. The van der Waals surface area contributed by atoms with Crippen LogP contribution in [0.3, 0.4) is 0 Å². The van der Waals surface area contributed by atoms with Gasteiger partial charge in [-0.05, 0) is 25.5 Å². The quantitative estimate of drug-likeness (QED) is 0.756. The van der Waals surface area contributed by atoms with Crippen LogP contribution in [0.5, 0.6) is 0 Å². The van der Waals surface area contributed by atoms with E-state index < -0.39 is 0 Å². The molecule has 2 rings (SSSR count). The molecule has 0 amide bonds. The third-order valence-electron chi connectivity index (χ3n) is 2.43. The molecule has 0 aliphatic carbocycles. The number of aliphatic hydroxyl groups excluding tert-OH is 1. The predicted octanol–water partition coefficient (Wildman–Crippen LogP) is 2.22. The molecule has 0 aliphatic heterocycles. The summed E-state index contributed by atoms with van der Waals surface area (Å²) in [6.45, 7) is 1.77. The van der Waals surface area contributed by atoms with Crippen molar-refractivity contribution in [2.45, 2.75) is 25.9 Å². The number of halogens is 1. The molecule has 0 saturated heterocycles. The summed E-state index contributed by atoms with van der Waals surface area (Å²) < 4.78 is 0.934. The van der Waals surface area contributed by atoms with Crippen molar-refractivity contribution in [3.8, 4) is 0 Å². The Morgan fingerprint density at radius 1 is 1.56 bits per heavy atom. The van der Waals surface area contributed by atoms with Crippen molar-refractivity contribution >= 4 is 32.7 Å². The van der Waals surface area contributed by atoms with Crippen LogP contribution in [0, 0.1) is 0 Å². The van der Waals surface area contributed by atoms with Crippen LogP contribution in [0.25, 0.3) is 11.0 Å². The summed E-state index contributed by atoms with van der Waals surface area (Å²) in [6.07, 6.45) is 1.11. The summed E-state index contributed by atoms with van der Waals surface area (Å²) in [5.74, 6) is 0.862. The number of imidazole rings is 1. The van der Waals surface area contributed by atoms with Gasteiger partial charge in [-0.15, -0.1) is 0 Å².